The van der Waals surface area contributed by atoms with Crippen molar-refractivity contribution in [1.29, 1.82) is 0 Å². The molecule has 0 aromatic carbocycles. The number of carbonyl (C=O) groups excluding carboxylic acids is 1. The summed E-state index contributed by atoms with van der Waals surface area (Å²) >= 11 is 0. The van der Waals surface area contributed by atoms with E-state index in [2.05, 4.69) is 33.4 Å². The third-order valence-electron chi connectivity index (χ3n) is 18.9. The van der Waals surface area contributed by atoms with Gasteiger partial charge in [-0.3, -0.25) is 4.79 Å². The lowest BCUT2D eigenvalue weighted by atomic mass is 9.46. The molecule has 3 saturated carbocycles. The van der Waals surface area contributed by atoms with E-state index in [0.29, 0.717) is 19.4 Å². The van der Waals surface area contributed by atoms with Gasteiger partial charge in [0.25, 0.3) is 0 Å². The summed E-state index contributed by atoms with van der Waals surface area (Å²) in [5, 5.41) is 110. The Morgan fingerprint density at radius 1 is 0.806 bits per heavy atom. The molecule has 0 radical (unpaired) electrons. The monoisotopic (exact) mass is 1030 g/mol. The van der Waals surface area contributed by atoms with Crippen LogP contribution in [0.3, 0.4) is 0 Å². The SMILES string of the molecule is C=C1CO[C@@]2(O[C@H]3C[C@H]4[C@@H]5CC=C6C[C@@H](O)C[C@@H](O[C@@H]7OC[C@@H](O)[C@H](O[C@H]8OC[C@H](O)[C@H](O)[C@H]8O)[C@@H]7O[C@H]7O[C@H](C)[C@H](OC(C)=O)[C@@H](O[C@@H]8OC[C@@](O)(CO)[C@@H]8O)[C@H]7O)[C@]6(C)[C@H]5CC[C@]4(C)[C@H]3[C@@H]2C)[C@H](O)C1. The van der Waals surface area contributed by atoms with Crippen LogP contribution in [0.4, 0.5) is 0 Å². The fourth-order valence-electron chi connectivity index (χ4n) is 15.1. The minimum absolute atomic E-state index is 0.0689. The summed E-state index contributed by atoms with van der Waals surface area (Å²) in [6, 6.07) is 0. The summed E-state index contributed by atoms with van der Waals surface area (Å²) in [6.45, 7) is 11.5. The quantitative estimate of drug-likeness (QED) is 0.0869. The highest BCUT2D eigenvalue weighted by molar-refractivity contribution is 5.66. The molecule has 22 nitrogen and oxygen atoms in total. The van der Waals surface area contributed by atoms with Crippen LogP contribution in [0.25, 0.3) is 0 Å². The van der Waals surface area contributed by atoms with Crippen LogP contribution in [0.2, 0.25) is 0 Å². The van der Waals surface area contributed by atoms with E-state index in [1.807, 2.05) is 0 Å². The molecule has 6 heterocycles. The maximum atomic E-state index is 12.4. The van der Waals surface area contributed by atoms with Gasteiger partial charge in [0.05, 0.1) is 57.5 Å². The van der Waals surface area contributed by atoms with E-state index >= 15 is 0 Å². The highest BCUT2D eigenvalue weighted by atomic mass is 16.8. The van der Waals surface area contributed by atoms with Crippen molar-refractivity contribution in [3.05, 3.63) is 23.8 Å². The molecule has 6 saturated heterocycles. The lowest BCUT2D eigenvalue weighted by molar-refractivity contribution is -0.387. The Morgan fingerprint density at radius 2 is 1.51 bits per heavy atom. The van der Waals surface area contributed by atoms with Gasteiger partial charge in [-0.05, 0) is 73.7 Å². The fourth-order valence-corrected chi connectivity index (χ4v) is 15.1. The third kappa shape index (κ3) is 8.77. The van der Waals surface area contributed by atoms with Gasteiger partial charge in [0.1, 0.15) is 66.6 Å². The number of aliphatic hydroxyl groups excluding tert-OH is 9. The van der Waals surface area contributed by atoms with Crippen LogP contribution in [0, 0.1) is 40.4 Å². The fraction of sp³-hybridized carbons (Fsp3) is 0.900. The maximum Gasteiger partial charge on any atom is 0.303 e. The lowest BCUT2D eigenvalue weighted by Crippen LogP contribution is -2.66. The van der Waals surface area contributed by atoms with Crippen LogP contribution in [0.5, 0.6) is 0 Å². The third-order valence-corrected chi connectivity index (χ3v) is 18.9. The number of aliphatic hydroxyl groups is 10. The largest absolute Gasteiger partial charge is 0.457 e. The Hall–Kier alpha value is -1.85. The molecule has 6 aliphatic heterocycles. The summed E-state index contributed by atoms with van der Waals surface area (Å²) in [5.74, 6) is -1.26. The molecule has 0 unspecified atom stereocenters. The van der Waals surface area contributed by atoms with Crippen LogP contribution >= 0.6 is 0 Å². The molecule has 4 aliphatic carbocycles. The maximum absolute atomic E-state index is 12.4. The first kappa shape index (κ1) is 53.5. The van der Waals surface area contributed by atoms with Crippen LogP contribution in [0.15, 0.2) is 23.8 Å². The summed E-state index contributed by atoms with van der Waals surface area (Å²) in [6.07, 6.45) is -19.5. The standard InChI is InChI=1S/C50H76O22/c1-20-11-32(56)50(65-15-20)21(2)34-31(72-50)14-28-26-8-7-24-12-25(53)13-33(48(24,6)27(26)9-10-47(28,34)5)68-45-41(39(30(55)17-63-45)69-43-36(58)35(57)29(54)16-62-43)71-44-37(59)40(38(22(3)66-44)67-23(4)52)70-46-42(60)49(61,18-51)19-64-46/h7,21-22,25-46,51,53-61H,1,8-19H2,2-6H3/t21-,22+,25+,26+,27-,28-,29-,30+,31-,32+,33+,34-,35-,36+,37+,38-,39-,40-,41-,42+,43+,44+,45-,46-,47-,48-,49-,50-/m0/s1. The number of hydrogen-bond acceptors (Lipinski definition) is 22. The van der Waals surface area contributed by atoms with E-state index in [9.17, 15) is 55.9 Å². The van der Waals surface area contributed by atoms with Crippen LogP contribution in [-0.4, -0.2) is 218 Å². The van der Waals surface area contributed by atoms with Crippen molar-refractivity contribution in [3.8, 4) is 0 Å². The van der Waals surface area contributed by atoms with E-state index in [4.69, 9.17) is 52.1 Å². The van der Waals surface area contributed by atoms with Crippen molar-refractivity contribution < 1.29 is 108 Å². The Balaban J connectivity index is 0.942. The minimum atomic E-state index is -2.11. The Bertz CT molecular complexity index is 2030. The topological polar surface area (TPSA) is 321 Å². The molecule has 408 valence electrons. The molecule has 10 N–H and O–H groups in total. The van der Waals surface area contributed by atoms with Crippen molar-refractivity contribution in [1.82, 2.24) is 0 Å². The van der Waals surface area contributed by atoms with E-state index in [1.54, 1.807) is 0 Å². The van der Waals surface area contributed by atoms with Gasteiger partial charge in [-0.1, -0.05) is 39.0 Å². The lowest BCUT2D eigenvalue weighted by Gasteiger charge is -2.60. The van der Waals surface area contributed by atoms with Crippen molar-refractivity contribution >= 4 is 5.97 Å². The summed E-state index contributed by atoms with van der Waals surface area (Å²) in [4.78, 5) is 12.4. The molecular weight excluding hydrogens is 953 g/mol. The number of esters is 1. The number of allylic oxidation sites excluding steroid dienone is 1. The van der Waals surface area contributed by atoms with Gasteiger partial charge >= 0.3 is 5.97 Å². The van der Waals surface area contributed by atoms with Crippen LogP contribution in [-0.2, 0) is 56.9 Å². The van der Waals surface area contributed by atoms with Gasteiger partial charge in [0.15, 0.2) is 37.1 Å². The average Bonchev–Trinajstić information content (AvgIpc) is 3.91. The highest BCUT2D eigenvalue weighted by Gasteiger charge is 2.71. The van der Waals surface area contributed by atoms with Crippen molar-refractivity contribution in [2.45, 2.75) is 208 Å². The molecule has 0 amide bonds. The Kier molecular flexibility index (Phi) is 14.8. The molecule has 10 aliphatic rings. The Labute approximate surface area is 418 Å². The number of hydrogen-bond donors (Lipinski definition) is 10. The average molecular weight is 1030 g/mol. The predicted molar refractivity (Wildman–Crippen MR) is 241 cm³/mol. The van der Waals surface area contributed by atoms with Crippen molar-refractivity contribution in [2.24, 2.45) is 40.4 Å². The van der Waals surface area contributed by atoms with E-state index in [1.165, 1.54) is 6.92 Å². The molecule has 1 spiro atoms. The first-order valence-electron chi connectivity index (χ1n) is 25.8. The summed E-state index contributed by atoms with van der Waals surface area (Å²) in [7, 11) is 0. The first-order valence-corrected chi connectivity index (χ1v) is 25.8. The summed E-state index contributed by atoms with van der Waals surface area (Å²) < 4.78 is 68.3. The second-order valence-corrected chi connectivity index (χ2v) is 23.1. The van der Waals surface area contributed by atoms with Gasteiger partial charge in [0.2, 0.25) is 0 Å². The highest BCUT2D eigenvalue weighted by Crippen LogP contribution is 2.71. The molecule has 22 heteroatoms. The smallest absolute Gasteiger partial charge is 0.303 e. The zero-order valence-corrected chi connectivity index (χ0v) is 41.5. The molecule has 0 aromatic heterocycles. The summed E-state index contributed by atoms with van der Waals surface area (Å²) in [5.41, 5.74) is -1.01. The zero-order valence-electron chi connectivity index (χ0n) is 41.5. The van der Waals surface area contributed by atoms with Crippen molar-refractivity contribution in [2.75, 3.05) is 33.0 Å². The van der Waals surface area contributed by atoms with Gasteiger partial charge in [-0.2, -0.15) is 0 Å². The van der Waals surface area contributed by atoms with E-state index < -0.39 is 160 Å². The number of rotatable bonds is 10. The van der Waals surface area contributed by atoms with Crippen molar-refractivity contribution in [3.63, 3.8) is 0 Å². The van der Waals surface area contributed by atoms with Gasteiger partial charge in [-0.25, -0.2) is 0 Å². The van der Waals surface area contributed by atoms with Gasteiger partial charge < -0.3 is 103 Å². The Morgan fingerprint density at radius 3 is 2.22 bits per heavy atom. The second kappa shape index (κ2) is 19.9. The molecule has 28 atom stereocenters. The molecule has 72 heavy (non-hydrogen) atoms. The van der Waals surface area contributed by atoms with E-state index in [0.717, 1.165) is 43.8 Å². The van der Waals surface area contributed by atoms with Gasteiger partial charge in [0, 0.05) is 31.1 Å². The minimum Gasteiger partial charge on any atom is -0.457 e. The van der Waals surface area contributed by atoms with Gasteiger partial charge in [-0.15, -0.1) is 0 Å². The van der Waals surface area contributed by atoms with Crippen LogP contribution in [0.1, 0.15) is 79.6 Å². The normalized spacial score (nSPS) is 55.4. The van der Waals surface area contributed by atoms with E-state index in [-0.39, 0.29) is 47.5 Å². The molecular formula is C50H76O22. The predicted octanol–water partition coefficient (Wildman–Crippen LogP) is -1.61. The van der Waals surface area contributed by atoms with Crippen LogP contribution < -0.4 is 0 Å². The number of carbonyl (C=O) groups is 1. The zero-order chi connectivity index (χ0) is 51.6. The first-order chi connectivity index (χ1) is 34.0. The molecule has 0 aromatic rings. The number of fused-ring (bicyclic) bond motifs is 7. The molecule has 0 bridgehead atoms. The molecule has 10 rings (SSSR count). The number of ether oxygens (including phenoxy) is 11. The second-order valence-electron chi connectivity index (χ2n) is 23.1. The molecule has 9 fully saturated rings.